The van der Waals surface area contributed by atoms with Crippen LogP contribution in [0.5, 0.6) is 0 Å². The van der Waals surface area contributed by atoms with E-state index in [9.17, 15) is 14.7 Å². The summed E-state index contributed by atoms with van der Waals surface area (Å²) in [5.41, 5.74) is 0. The van der Waals surface area contributed by atoms with Crippen LogP contribution in [0.1, 0.15) is 23.4 Å². The molecule has 7 heteroatoms. The Morgan fingerprint density at radius 2 is 1.96 bits per heavy atom. The summed E-state index contributed by atoms with van der Waals surface area (Å²) in [5, 5.41) is 9.50. The van der Waals surface area contributed by atoms with Crippen LogP contribution in [0.2, 0.25) is 0 Å². The van der Waals surface area contributed by atoms with Crippen LogP contribution in [0.4, 0.5) is 0 Å². The Hall–Kier alpha value is -1.86. The highest BCUT2D eigenvalue weighted by molar-refractivity contribution is 5.91. The zero-order valence-electron chi connectivity index (χ0n) is 13.0. The number of amides is 1. The predicted molar refractivity (Wildman–Crippen MR) is 81.2 cm³/mol. The van der Waals surface area contributed by atoms with Crippen molar-refractivity contribution in [2.45, 2.75) is 18.9 Å². The number of furan rings is 1. The number of ether oxygens (including phenoxy) is 1. The third kappa shape index (κ3) is 3.73. The van der Waals surface area contributed by atoms with Crippen LogP contribution in [-0.2, 0) is 9.53 Å². The van der Waals surface area contributed by atoms with Gasteiger partial charge >= 0.3 is 5.97 Å². The number of aliphatic carboxylic acids is 1. The van der Waals surface area contributed by atoms with Crippen LogP contribution in [0, 0.1) is 5.92 Å². The fourth-order valence-electron chi connectivity index (χ4n) is 3.32. The second-order valence-electron chi connectivity index (χ2n) is 6.10. The van der Waals surface area contributed by atoms with Gasteiger partial charge in [0.05, 0.1) is 12.2 Å². The maximum absolute atomic E-state index is 12.5. The molecule has 0 spiro atoms. The monoisotopic (exact) mass is 322 g/mol. The van der Waals surface area contributed by atoms with Crippen molar-refractivity contribution < 1.29 is 23.8 Å². The summed E-state index contributed by atoms with van der Waals surface area (Å²) in [7, 11) is 0. The number of carboxylic acids is 1. The average molecular weight is 322 g/mol. The Morgan fingerprint density at radius 3 is 2.61 bits per heavy atom. The summed E-state index contributed by atoms with van der Waals surface area (Å²) < 4.78 is 10.5. The van der Waals surface area contributed by atoms with Crippen LogP contribution in [0.15, 0.2) is 22.8 Å². The first-order valence-electron chi connectivity index (χ1n) is 8.02. The van der Waals surface area contributed by atoms with Crippen molar-refractivity contribution in [1.82, 2.24) is 9.80 Å². The van der Waals surface area contributed by atoms with Crippen LogP contribution in [0.25, 0.3) is 0 Å². The third-order valence-corrected chi connectivity index (χ3v) is 4.63. The molecule has 0 aromatic carbocycles. The highest BCUT2D eigenvalue weighted by Crippen LogP contribution is 2.20. The molecule has 2 saturated heterocycles. The normalized spacial score (nSPS) is 24.3. The molecular weight excluding hydrogens is 300 g/mol. The van der Waals surface area contributed by atoms with Crippen molar-refractivity contribution in [3.05, 3.63) is 24.2 Å². The second kappa shape index (κ2) is 7.14. The fourth-order valence-corrected chi connectivity index (χ4v) is 3.32. The van der Waals surface area contributed by atoms with E-state index in [1.165, 1.54) is 6.26 Å². The van der Waals surface area contributed by atoms with Crippen LogP contribution in [0.3, 0.4) is 0 Å². The van der Waals surface area contributed by atoms with Gasteiger partial charge in [-0.15, -0.1) is 0 Å². The number of hydrogen-bond acceptors (Lipinski definition) is 5. The van der Waals surface area contributed by atoms with Crippen molar-refractivity contribution in [1.29, 1.82) is 0 Å². The molecule has 1 N–H and O–H groups in total. The van der Waals surface area contributed by atoms with Crippen molar-refractivity contribution in [3.63, 3.8) is 0 Å². The fraction of sp³-hybridized carbons (Fsp3) is 0.625. The maximum atomic E-state index is 12.5. The van der Waals surface area contributed by atoms with Gasteiger partial charge in [0.2, 0.25) is 0 Å². The summed E-state index contributed by atoms with van der Waals surface area (Å²) in [5.74, 6) is -1.43. The minimum absolute atomic E-state index is 0.217. The number of nitrogens with zero attached hydrogens (tertiary/aromatic N) is 2. The maximum Gasteiger partial charge on any atom is 0.309 e. The highest BCUT2D eigenvalue weighted by atomic mass is 16.5. The Morgan fingerprint density at radius 1 is 1.17 bits per heavy atom. The highest BCUT2D eigenvalue weighted by Gasteiger charge is 2.34. The smallest absolute Gasteiger partial charge is 0.309 e. The van der Waals surface area contributed by atoms with Gasteiger partial charge in [-0.05, 0) is 25.0 Å². The van der Waals surface area contributed by atoms with E-state index in [1.54, 1.807) is 17.0 Å². The largest absolute Gasteiger partial charge is 0.481 e. The molecule has 0 bridgehead atoms. The first-order valence-corrected chi connectivity index (χ1v) is 8.02. The van der Waals surface area contributed by atoms with Gasteiger partial charge in [-0.2, -0.15) is 0 Å². The Labute approximate surface area is 134 Å². The quantitative estimate of drug-likeness (QED) is 0.891. The number of carbonyl (C=O) groups excluding carboxylic acids is 1. The number of carboxylic acid groups (broad SMARTS) is 1. The number of hydrogen-bond donors (Lipinski definition) is 1. The van der Waals surface area contributed by atoms with Crippen LogP contribution >= 0.6 is 0 Å². The van der Waals surface area contributed by atoms with Crippen molar-refractivity contribution in [2.24, 2.45) is 5.92 Å². The molecule has 0 unspecified atom stereocenters. The molecule has 0 radical (unpaired) electrons. The van der Waals surface area contributed by atoms with E-state index < -0.39 is 11.9 Å². The standard InChI is InChI=1S/C16H22N2O5/c19-15(14-2-1-7-23-14)18-6-5-17(10-12(11-18)16(20)21)13-3-8-22-9-4-13/h1-2,7,12-13H,3-6,8-11H2,(H,20,21)/t12-/m0/s1. The van der Waals surface area contributed by atoms with Gasteiger partial charge in [-0.3, -0.25) is 14.5 Å². The van der Waals surface area contributed by atoms with Crippen molar-refractivity contribution >= 4 is 11.9 Å². The van der Waals surface area contributed by atoms with Gasteiger partial charge in [0.15, 0.2) is 5.76 Å². The Balaban J connectivity index is 1.72. The van der Waals surface area contributed by atoms with Gasteiger partial charge in [0.1, 0.15) is 0 Å². The average Bonchev–Trinajstić information content (AvgIpc) is 3.00. The molecule has 2 fully saturated rings. The van der Waals surface area contributed by atoms with Gasteiger partial charge < -0.3 is 19.2 Å². The van der Waals surface area contributed by atoms with E-state index >= 15 is 0 Å². The minimum atomic E-state index is -0.860. The molecule has 2 aliphatic heterocycles. The first kappa shape index (κ1) is 16.0. The zero-order chi connectivity index (χ0) is 16.2. The molecule has 0 aliphatic carbocycles. The molecule has 1 atom stereocenters. The molecule has 3 heterocycles. The molecule has 126 valence electrons. The lowest BCUT2D eigenvalue weighted by Gasteiger charge is -2.34. The van der Waals surface area contributed by atoms with Crippen molar-refractivity contribution in [3.8, 4) is 0 Å². The lowest BCUT2D eigenvalue weighted by molar-refractivity contribution is -0.142. The van der Waals surface area contributed by atoms with E-state index in [-0.39, 0.29) is 18.2 Å². The minimum Gasteiger partial charge on any atom is -0.481 e. The molecular formula is C16H22N2O5. The lowest BCUT2D eigenvalue weighted by Crippen LogP contribution is -2.43. The SMILES string of the molecule is O=C(O)[C@@H]1CN(C(=O)c2ccco2)CCN(C2CCOCC2)C1. The molecule has 3 rings (SSSR count). The molecule has 23 heavy (non-hydrogen) atoms. The Bertz CT molecular complexity index is 539. The lowest BCUT2D eigenvalue weighted by atomic mass is 10.0. The summed E-state index contributed by atoms with van der Waals surface area (Å²) >= 11 is 0. The Kier molecular flexibility index (Phi) is 4.97. The molecule has 1 aromatic heterocycles. The van der Waals surface area contributed by atoms with Gasteiger partial charge in [-0.25, -0.2) is 0 Å². The van der Waals surface area contributed by atoms with Gasteiger partial charge in [-0.1, -0.05) is 0 Å². The molecule has 7 nitrogen and oxygen atoms in total. The van der Waals surface area contributed by atoms with E-state index in [0.717, 1.165) is 12.8 Å². The summed E-state index contributed by atoms with van der Waals surface area (Å²) in [6, 6.07) is 3.61. The van der Waals surface area contributed by atoms with Crippen LogP contribution < -0.4 is 0 Å². The predicted octanol–water partition coefficient (Wildman–Crippen LogP) is 0.917. The van der Waals surface area contributed by atoms with E-state index in [1.807, 2.05) is 0 Å². The first-order chi connectivity index (χ1) is 11.1. The third-order valence-electron chi connectivity index (χ3n) is 4.63. The summed E-state index contributed by atoms with van der Waals surface area (Å²) in [6.45, 7) is 3.32. The second-order valence-corrected chi connectivity index (χ2v) is 6.10. The van der Waals surface area contributed by atoms with Crippen molar-refractivity contribution in [2.75, 3.05) is 39.4 Å². The molecule has 0 saturated carbocycles. The molecule has 1 amide bonds. The summed E-state index contributed by atoms with van der Waals surface area (Å²) in [6.07, 6.45) is 3.28. The van der Waals surface area contributed by atoms with E-state index in [0.29, 0.717) is 38.9 Å². The van der Waals surface area contributed by atoms with Gasteiger partial charge in [0.25, 0.3) is 5.91 Å². The molecule has 2 aliphatic rings. The zero-order valence-corrected chi connectivity index (χ0v) is 13.0. The van der Waals surface area contributed by atoms with E-state index in [2.05, 4.69) is 4.90 Å². The number of carbonyl (C=O) groups is 2. The van der Waals surface area contributed by atoms with Crippen LogP contribution in [-0.4, -0.2) is 72.2 Å². The van der Waals surface area contributed by atoms with E-state index in [4.69, 9.17) is 9.15 Å². The summed E-state index contributed by atoms with van der Waals surface area (Å²) in [4.78, 5) is 27.8. The number of rotatable bonds is 3. The molecule has 1 aromatic rings. The van der Waals surface area contributed by atoms with Gasteiger partial charge in [0, 0.05) is 45.4 Å². The topological polar surface area (TPSA) is 83.2 Å².